The van der Waals surface area contributed by atoms with Gasteiger partial charge in [0, 0.05) is 49.4 Å². The van der Waals surface area contributed by atoms with E-state index in [0.29, 0.717) is 58.8 Å². The fourth-order valence-corrected chi connectivity index (χ4v) is 10.4. The van der Waals surface area contributed by atoms with E-state index in [-0.39, 0.29) is 75.7 Å². The number of hydrogen-bond donors (Lipinski definition) is 16. The van der Waals surface area contributed by atoms with Crippen molar-refractivity contribution in [3.05, 3.63) is 112 Å². The van der Waals surface area contributed by atoms with E-state index in [0.717, 1.165) is 29.8 Å². The largest absolute Gasteiger partial charge is 0.393 e. The number of halogens is 1. The first-order valence-electron chi connectivity index (χ1n) is 32.0. The predicted molar refractivity (Wildman–Crippen MR) is 358 cm³/mol. The summed E-state index contributed by atoms with van der Waals surface area (Å²) < 4.78 is 14.9. The molecule has 30 nitrogen and oxygen atoms in total. The summed E-state index contributed by atoms with van der Waals surface area (Å²) in [6, 6.07) is 12.5. The Kier molecular flexibility index (Phi) is 30.9. The topological polar surface area (TPSA) is 466 Å². The number of carbonyl (C=O) groups excluding carboxylic acids is 12. The van der Waals surface area contributed by atoms with Gasteiger partial charge < -0.3 is 95.4 Å². The maximum Gasteiger partial charge on any atom is 0.259 e. The molecule has 4 aromatic rings. The number of aliphatic hydroxyl groups is 2. The summed E-state index contributed by atoms with van der Waals surface area (Å²) in [6.07, 6.45) is -1.51. The summed E-state index contributed by atoms with van der Waals surface area (Å²) in [5.41, 5.74) is 22.5. The Morgan fingerprint density at radius 2 is 1.23 bits per heavy atom. The molecule has 19 N–H and O–H groups in total. The average molecular weight is 1350 g/mol. The van der Waals surface area contributed by atoms with Crippen molar-refractivity contribution in [3.8, 4) is 11.1 Å². The highest BCUT2D eigenvalue weighted by atomic mass is 19.1. The number of nitrogens with one attached hydrogen (secondary N) is 11. The smallest absolute Gasteiger partial charge is 0.259 e. The number of hydrogen-bond acceptors (Lipinski definition) is 17. The lowest BCUT2D eigenvalue weighted by atomic mass is 9.99. The summed E-state index contributed by atoms with van der Waals surface area (Å²) >= 11 is 0. The first-order chi connectivity index (χ1) is 46.2. The van der Waals surface area contributed by atoms with Gasteiger partial charge in [0.2, 0.25) is 59.1 Å². The van der Waals surface area contributed by atoms with Crippen LogP contribution >= 0.6 is 0 Å². The Labute approximate surface area is 561 Å². The second-order valence-corrected chi connectivity index (χ2v) is 23.3. The summed E-state index contributed by atoms with van der Waals surface area (Å²) in [6.45, 7) is 10.5. The van der Waals surface area contributed by atoms with Crippen molar-refractivity contribution in [3.63, 3.8) is 0 Å². The van der Waals surface area contributed by atoms with Gasteiger partial charge in [0.15, 0.2) is 0 Å². The molecule has 0 bridgehead atoms. The maximum atomic E-state index is 14.9. The van der Waals surface area contributed by atoms with E-state index in [1.807, 2.05) is 24.3 Å². The van der Waals surface area contributed by atoms with E-state index < -0.39 is 127 Å². The molecular weight excluding hydrogens is 1260 g/mol. The molecule has 1 aliphatic heterocycles. The minimum atomic E-state index is -1.51. The van der Waals surface area contributed by atoms with Crippen LogP contribution in [0.4, 0.5) is 10.1 Å². The summed E-state index contributed by atoms with van der Waals surface area (Å²) in [5.74, 6) is -9.41. The molecule has 0 saturated carbocycles. The number of nitrogens with zero attached hydrogens (tertiary/aromatic N) is 2. The van der Waals surface area contributed by atoms with Crippen LogP contribution in [-0.4, -0.2) is 199 Å². The molecule has 1 unspecified atom stereocenters. The molecule has 0 fully saturated rings. The van der Waals surface area contributed by atoms with Crippen LogP contribution in [0.1, 0.15) is 104 Å². The lowest BCUT2D eigenvalue weighted by molar-refractivity contribution is -0.134. The number of H-pyrrole nitrogens is 1. The third kappa shape index (κ3) is 24.3. The Hall–Kier alpha value is -9.95. The minimum absolute atomic E-state index is 0.0374. The first kappa shape index (κ1) is 77.8. The van der Waals surface area contributed by atoms with Crippen LogP contribution in [0.5, 0.6) is 0 Å². The van der Waals surface area contributed by atoms with Crippen LogP contribution in [0.2, 0.25) is 0 Å². The number of aromatic nitrogens is 1. The summed E-state index contributed by atoms with van der Waals surface area (Å²) in [4.78, 5) is 164. The number of likely N-dealkylation sites (N-methyl/N-ethyl adjacent to an activating group) is 1. The van der Waals surface area contributed by atoms with E-state index in [4.69, 9.17) is 17.2 Å². The van der Waals surface area contributed by atoms with Gasteiger partial charge >= 0.3 is 0 Å². The van der Waals surface area contributed by atoms with Crippen LogP contribution in [0.3, 0.4) is 0 Å². The van der Waals surface area contributed by atoms with Gasteiger partial charge in [-0.25, -0.2) is 4.39 Å². The number of rotatable bonds is 39. The molecule has 0 spiro atoms. The van der Waals surface area contributed by atoms with E-state index in [9.17, 15) is 72.1 Å². The van der Waals surface area contributed by atoms with Gasteiger partial charge in [-0.1, -0.05) is 62.4 Å². The van der Waals surface area contributed by atoms with E-state index in [1.165, 1.54) is 26.0 Å². The molecule has 97 heavy (non-hydrogen) atoms. The Morgan fingerprint density at radius 3 is 1.82 bits per heavy atom. The zero-order valence-electron chi connectivity index (χ0n) is 55.4. The van der Waals surface area contributed by atoms with Gasteiger partial charge in [0.25, 0.3) is 11.8 Å². The number of aryl methyl sites for hydroxylation is 1. The number of anilines is 1. The standard InChI is InChI=1S/C66H91FN16O14/c1-7-82(8-2)27-26-72-64(95)59-38(4)50(77-39(59)5)31-47-46-30-45(67)19-20-52(46)83(66(47)97)36-42-13-17-44(18-14-42)43-15-11-41(12-16-43)29-51(61(92)75-34-57(90)74-33-56(89)73-32-53(70)86)80-62(93)48(21-24-69)79-63(94)49(22-25-71-55(88)28-37(3)84)78-58(91)35-76-65(96)60(40(6)85)81-54(87)10-9-23-68/h11-20,30-31,37,40,48-49,51,60,77,84-85H,7-10,21-29,32-36,68-69H2,1-6H3,(H2,70,86)(H,71,88)(H,72,95)(H,73,89)(H,74,90)(H,75,92)(H,76,96)(H,78,91)(H,79,94)(H,80,93)(H,81,87)/b47-31-/t37-,40-,48?,49+,51-,60+/m1/s1. The van der Waals surface area contributed by atoms with Gasteiger partial charge in [-0.05, 0) is 125 Å². The summed E-state index contributed by atoms with van der Waals surface area (Å²) in [7, 11) is 0. The molecule has 0 aliphatic carbocycles. The van der Waals surface area contributed by atoms with Gasteiger partial charge in [0.05, 0.1) is 68.2 Å². The van der Waals surface area contributed by atoms with Crippen LogP contribution in [0, 0.1) is 19.7 Å². The van der Waals surface area contributed by atoms with Crippen molar-refractivity contribution in [1.29, 1.82) is 0 Å². The molecular formula is C66H91FN16O14. The van der Waals surface area contributed by atoms with Crippen molar-refractivity contribution in [2.45, 2.75) is 123 Å². The monoisotopic (exact) mass is 1350 g/mol. The van der Waals surface area contributed by atoms with Crippen molar-refractivity contribution in [2.75, 3.05) is 76.9 Å². The van der Waals surface area contributed by atoms with E-state index in [2.05, 4.69) is 76.9 Å². The summed E-state index contributed by atoms with van der Waals surface area (Å²) in [5, 5.41) is 44.6. The maximum absolute atomic E-state index is 14.9. The third-order valence-electron chi connectivity index (χ3n) is 15.7. The fourth-order valence-electron chi connectivity index (χ4n) is 10.4. The van der Waals surface area contributed by atoms with Crippen LogP contribution < -0.4 is 75.3 Å². The van der Waals surface area contributed by atoms with Crippen LogP contribution in [-0.2, 0) is 65.7 Å². The van der Waals surface area contributed by atoms with Gasteiger partial charge in [-0.2, -0.15) is 0 Å². The lowest BCUT2D eigenvalue weighted by Gasteiger charge is -2.26. The fraction of sp³-hybridized carbons (Fsp3) is 0.455. The molecule has 0 saturated heterocycles. The molecule has 5 rings (SSSR count). The number of amides is 12. The molecule has 31 heteroatoms. The number of aromatic amines is 1. The minimum Gasteiger partial charge on any atom is -0.393 e. The zero-order valence-corrected chi connectivity index (χ0v) is 55.4. The van der Waals surface area contributed by atoms with Gasteiger partial charge in [-0.15, -0.1) is 0 Å². The molecule has 6 atom stereocenters. The second-order valence-electron chi connectivity index (χ2n) is 23.3. The highest BCUT2D eigenvalue weighted by Gasteiger charge is 2.35. The van der Waals surface area contributed by atoms with Crippen molar-refractivity contribution in [2.24, 2.45) is 17.2 Å². The Balaban J connectivity index is 1.33. The van der Waals surface area contributed by atoms with Gasteiger partial charge in [-0.3, -0.25) is 57.5 Å². The Morgan fingerprint density at radius 1 is 0.639 bits per heavy atom. The van der Waals surface area contributed by atoms with Crippen molar-refractivity contribution < 1.29 is 72.1 Å². The third-order valence-corrected chi connectivity index (χ3v) is 15.7. The normalized spacial score (nSPS) is 14.0. The molecule has 0 radical (unpaired) electrons. The van der Waals surface area contributed by atoms with Crippen molar-refractivity contribution in [1.82, 2.24) is 63.1 Å². The zero-order chi connectivity index (χ0) is 71.5. The van der Waals surface area contributed by atoms with E-state index >= 15 is 0 Å². The predicted octanol–water partition coefficient (Wildman–Crippen LogP) is -2.23. The SMILES string of the molecule is CCN(CC)CCNC(=O)c1c(C)[nH]c(/C=C2\C(=O)N(Cc3ccc(-c4ccc(C[C@@H](NC(=O)C(CCN)NC(=O)[C@H](CCNC(=O)C[C@@H](C)O)NC(=O)CNC(=O)[C@@H](NC(=O)CCCN)[C@@H](C)O)C(=O)NCC(=O)NCC(=O)NCC(N)=O)cc4)cc3)c3ccc(F)cc32)c1C. The number of primary amides is 1. The molecule has 2 heterocycles. The number of nitrogens with two attached hydrogens (primary N) is 3. The van der Waals surface area contributed by atoms with Gasteiger partial charge in [0.1, 0.15) is 30.0 Å². The second kappa shape index (κ2) is 38.6. The quantitative estimate of drug-likeness (QED) is 0.0210. The van der Waals surface area contributed by atoms with E-state index in [1.54, 1.807) is 55.2 Å². The lowest BCUT2D eigenvalue weighted by Crippen LogP contribution is -2.59. The first-order valence-corrected chi connectivity index (χ1v) is 32.0. The van der Waals surface area contributed by atoms with Crippen molar-refractivity contribution >= 4 is 88.2 Å². The molecule has 1 aliphatic rings. The molecule has 3 aromatic carbocycles. The number of carbonyl (C=O) groups is 12. The number of aliphatic hydroxyl groups excluding tert-OH is 2. The molecule has 526 valence electrons. The van der Waals surface area contributed by atoms with Crippen LogP contribution in [0.15, 0.2) is 66.7 Å². The average Bonchev–Trinajstić information content (AvgIpc) is 1.61. The molecule has 12 amide bonds. The number of benzene rings is 3. The molecule has 1 aromatic heterocycles. The Bertz CT molecular complexity index is 3480. The number of fused-ring (bicyclic) bond motifs is 1. The highest BCUT2D eigenvalue weighted by molar-refractivity contribution is 6.35. The van der Waals surface area contributed by atoms with Crippen LogP contribution in [0.25, 0.3) is 22.8 Å². The highest BCUT2D eigenvalue weighted by Crippen LogP contribution is 2.40.